The van der Waals surface area contributed by atoms with E-state index in [9.17, 15) is 18.3 Å². The average Bonchev–Trinajstić information content (AvgIpc) is 2.60. The van der Waals surface area contributed by atoms with Crippen molar-refractivity contribution in [3.63, 3.8) is 0 Å². The zero-order chi connectivity index (χ0) is 20.9. The first-order valence-electron chi connectivity index (χ1n) is 7.85. The van der Waals surface area contributed by atoms with Gasteiger partial charge in [-0.1, -0.05) is 18.2 Å². The number of hydrogen-bond donors (Lipinski definition) is 4. The third-order valence-electron chi connectivity index (χ3n) is 3.44. The average molecular weight is 402 g/mol. The zero-order valence-electron chi connectivity index (χ0n) is 14.8. The van der Waals surface area contributed by atoms with Crippen LogP contribution in [0.15, 0.2) is 60.7 Å². The Balaban J connectivity index is 0.000000500. The molecule has 9 heteroatoms. The summed E-state index contributed by atoms with van der Waals surface area (Å²) < 4.78 is 31.2. The number of rotatable bonds is 3. The lowest BCUT2D eigenvalue weighted by Gasteiger charge is -2.07. The predicted molar refractivity (Wildman–Crippen MR) is 106 cm³/mol. The molecule has 0 aliphatic heterocycles. The molecule has 0 saturated carbocycles. The van der Waals surface area contributed by atoms with Crippen molar-refractivity contribution in [2.45, 2.75) is 0 Å². The number of phenols is 1. The summed E-state index contributed by atoms with van der Waals surface area (Å²) in [5.41, 5.74) is 6.47. The van der Waals surface area contributed by atoms with Crippen molar-refractivity contribution in [2.75, 3.05) is 6.26 Å². The number of nitrogens with two attached hydrogens (primary N) is 1. The molecule has 0 aliphatic carbocycles. The molecule has 28 heavy (non-hydrogen) atoms. The van der Waals surface area contributed by atoms with E-state index in [-0.39, 0.29) is 11.6 Å². The van der Waals surface area contributed by atoms with Crippen LogP contribution in [0.4, 0.5) is 0 Å². The summed E-state index contributed by atoms with van der Waals surface area (Å²) in [6.07, 6.45) is 0.715. The number of hydrogen-bond acceptors (Lipinski definition) is 6. The number of esters is 1. The van der Waals surface area contributed by atoms with Crippen LogP contribution >= 0.6 is 0 Å². The predicted octanol–water partition coefficient (Wildman–Crippen LogP) is 2.55. The second-order valence-electron chi connectivity index (χ2n) is 5.81. The lowest BCUT2D eigenvalue weighted by molar-refractivity contribution is 0.0735. The molecule has 0 heterocycles. The van der Waals surface area contributed by atoms with Crippen LogP contribution in [-0.4, -0.2) is 36.1 Å². The van der Waals surface area contributed by atoms with E-state index >= 15 is 0 Å². The lowest BCUT2D eigenvalue weighted by Crippen LogP contribution is -2.10. The number of nitrogen functional groups attached to an aromatic ring is 1. The number of fused-ring (bicyclic) bond motifs is 1. The number of phenolic OH excluding ortho intramolecular Hbond substituents is 1. The van der Waals surface area contributed by atoms with Gasteiger partial charge in [-0.3, -0.25) is 9.96 Å². The Labute approximate surface area is 161 Å². The van der Waals surface area contributed by atoms with Crippen molar-refractivity contribution in [3.05, 3.63) is 71.8 Å². The van der Waals surface area contributed by atoms with Crippen LogP contribution in [-0.2, 0) is 10.1 Å². The minimum atomic E-state index is -3.67. The standard InChI is InChI=1S/C18H14N2O3.CH4O3S/c19-17(20)14-2-1-13-10-16(8-5-12(13)9-14)23-18(22)11-3-6-15(21)7-4-11;1-5(2,3)4/h1-10,21H,(H3,19,20);1H3,(H,2,3,4). The maximum absolute atomic E-state index is 12.1. The molecular weight excluding hydrogens is 384 g/mol. The highest BCUT2D eigenvalue weighted by Gasteiger charge is 2.09. The number of nitrogens with one attached hydrogen (secondary N) is 1. The SMILES string of the molecule is CS(=O)(=O)O.N=C(N)c1ccc2cc(OC(=O)c3ccc(O)cc3)ccc2c1. The molecule has 3 rings (SSSR count). The van der Waals surface area contributed by atoms with Crippen LogP contribution in [0, 0.1) is 5.41 Å². The van der Waals surface area contributed by atoms with Gasteiger partial charge in [-0.2, -0.15) is 8.42 Å². The quantitative estimate of drug-likeness (QED) is 0.173. The lowest BCUT2D eigenvalue weighted by atomic mass is 10.1. The van der Waals surface area contributed by atoms with Crippen molar-refractivity contribution in [1.29, 1.82) is 5.41 Å². The van der Waals surface area contributed by atoms with E-state index in [1.807, 2.05) is 12.1 Å². The van der Waals surface area contributed by atoms with Gasteiger partial charge in [0.2, 0.25) is 0 Å². The van der Waals surface area contributed by atoms with Gasteiger partial charge in [0.15, 0.2) is 0 Å². The number of carbonyl (C=O) groups excluding carboxylic acids is 1. The Bertz CT molecular complexity index is 1120. The van der Waals surface area contributed by atoms with E-state index in [0.717, 1.165) is 10.8 Å². The van der Waals surface area contributed by atoms with Gasteiger partial charge in [0.25, 0.3) is 10.1 Å². The van der Waals surface area contributed by atoms with Gasteiger partial charge in [-0.25, -0.2) is 4.79 Å². The van der Waals surface area contributed by atoms with Crippen LogP contribution in [0.25, 0.3) is 10.8 Å². The summed E-state index contributed by atoms with van der Waals surface area (Å²) >= 11 is 0. The van der Waals surface area contributed by atoms with E-state index in [1.54, 1.807) is 24.3 Å². The third kappa shape index (κ3) is 6.38. The Morgan fingerprint density at radius 1 is 0.964 bits per heavy atom. The van der Waals surface area contributed by atoms with Gasteiger partial charge in [-0.15, -0.1) is 0 Å². The van der Waals surface area contributed by atoms with Crippen molar-refractivity contribution in [1.82, 2.24) is 0 Å². The van der Waals surface area contributed by atoms with Gasteiger partial charge in [0.05, 0.1) is 11.8 Å². The fourth-order valence-electron chi connectivity index (χ4n) is 2.22. The second kappa shape index (κ2) is 8.51. The maximum atomic E-state index is 12.1. The summed E-state index contributed by atoms with van der Waals surface area (Å²) in [5, 5.41) is 18.5. The van der Waals surface area contributed by atoms with Gasteiger partial charge in [0, 0.05) is 5.56 Å². The molecule has 3 aromatic rings. The van der Waals surface area contributed by atoms with E-state index in [4.69, 9.17) is 20.4 Å². The Kier molecular flexibility index (Phi) is 6.34. The Morgan fingerprint density at radius 2 is 1.46 bits per heavy atom. The molecule has 0 amide bonds. The number of benzene rings is 3. The molecule has 0 saturated heterocycles. The minimum absolute atomic E-state index is 0.00901. The van der Waals surface area contributed by atoms with Crippen molar-refractivity contribution < 1.29 is 27.6 Å². The summed E-state index contributed by atoms with van der Waals surface area (Å²) in [6, 6.07) is 16.5. The van der Waals surface area contributed by atoms with Gasteiger partial charge in [-0.05, 0) is 53.2 Å². The summed E-state index contributed by atoms with van der Waals surface area (Å²) in [5.74, 6) is 0.0270. The zero-order valence-corrected chi connectivity index (χ0v) is 15.6. The van der Waals surface area contributed by atoms with Gasteiger partial charge < -0.3 is 15.6 Å². The second-order valence-corrected chi connectivity index (χ2v) is 7.27. The largest absolute Gasteiger partial charge is 0.508 e. The normalized spacial score (nSPS) is 10.6. The maximum Gasteiger partial charge on any atom is 0.343 e. The van der Waals surface area contributed by atoms with Gasteiger partial charge >= 0.3 is 5.97 Å². The van der Waals surface area contributed by atoms with Gasteiger partial charge in [0.1, 0.15) is 17.3 Å². The topological polar surface area (TPSA) is 151 Å². The monoisotopic (exact) mass is 402 g/mol. The fraction of sp³-hybridized carbons (Fsp3) is 0.0526. The molecule has 5 N–H and O–H groups in total. The number of amidine groups is 1. The molecule has 146 valence electrons. The van der Waals surface area contributed by atoms with E-state index in [0.29, 0.717) is 23.1 Å². The number of aromatic hydroxyl groups is 1. The molecule has 0 atom stereocenters. The number of ether oxygens (including phenoxy) is 1. The minimum Gasteiger partial charge on any atom is -0.508 e. The highest BCUT2D eigenvalue weighted by atomic mass is 32.2. The van der Waals surface area contributed by atoms with Crippen LogP contribution in [0.1, 0.15) is 15.9 Å². The highest BCUT2D eigenvalue weighted by Crippen LogP contribution is 2.23. The first-order chi connectivity index (χ1) is 13.0. The molecule has 3 aromatic carbocycles. The molecule has 0 radical (unpaired) electrons. The summed E-state index contributed by atoms with van der Waals surface area (Å²) in [6.45, 7) is 0. The number of carbonyl (C=O) groups is 1. The molecule has 0 bridgehead atoms. The van der Waals surface area contributed by atoms with Crippen LogP contribution in [0.2, 0.25) is 0 Å². The molecule has 0 unspecified atom stereocenters. The molecule has 8 nitrogen and oxygen atoms in total. The Hall–Kier alpha value is -3.43. The molecule has 0 spiro atoms. The van der Waals surface area contributed by atoms with E-state index in [2.05, 4.69) is 0 Å². The molecule has 0 fully saturated rings. The van der Waals surface area contributed by atoms with Crippen molar-refractivity contribution in [3.8, 4) is 11.5 Å². The fourth-order valence-corrected chi connectivity index (χ4v) is 2.22. The first-order valence-corrected chi connectivity index (χ1v) is 9.69. The van der Waals surface area contributed by atoms with Crippen molar-refractivity contribution in [2.24, 2.45) is 5.73 Å². The van der Waals surface area contributed by atoms with E-state index in [1.165, 1.54) is 24.3 Å². The van der Waals surface area contributed by atoms with E-state index < -0.39 is 16.1 Å². The highest BCUT2D eigenvalue weighted by molar-refractivity contribution is 7.85. The summed E-state index contributed by atoms with van der Waals surface area (Å²) in [7, 11) is -3.67. The summed E-state index contributed by atoms with van der Waals surface area (Å²) in [4.78, 5) is 12.1. The smallest absolute Gasteiger partial charge is 0.343 e. The molecule has 0 aliphatic rings. The third-order valence-corrected chi connectivity index (χ3v) is 3.44. The van der Waals surface area contributed by atoms with Crippen LogP contribution < -0.4 is 10.5 Å². The molecule has 0 aromatic heterocycles. The van der Waals surface area contributed by atoms with Crippen LogP contribution in [0.3, 0.4) is 0 Å². The first kappa shape index (κ1) is 20.9. The molecular formula is C19H18N2O6S. The Morgan fingerprint density at radius 3 is 2.04 bits per heavy atom. The van der Waals surface area contributed by atoms with Crippen molar-refractivity contribution >= 4 is 32.7 Å². The van der Waals surface area contributed by atoms with Crippen LogP contribution in [0.5, 0.6) is 11.5 Å².